The number of anilines is 1. The first-order valence-corrected chi connectivity index (χ1v) is 11.0. The lowest BCUT2D eigenvalue weighted by Crippen LogP contribution is -2.22. The molecule has 6 nitrogen and oxygen atoms in total. The van der Waals surface area contributed by atoms with Crippen molar-refractivity contribution in [1.29, 1.82) is 0 Å². The molecular formula is C20H19N2O4S2-. The average molecular weight is 416 g/mol. The second-order valence-electron chi connectivity index (χ2n) is 6.48. The number of sulfonamides is 1. The molecule has 0 fully saturated rings. The molecule has 2 aromatic carbocycles. The third kappa shape index (κ3) is 4.76. The number of aromatic nitrogens is 1. The zero-order chi connectivity index (χ0) is 20.3. The first-order valence-electron chi connectivity index (χ1n) is 8.59. The number of benzene rings is 2. The molecule has 3 rings (SSSR count). The Morgan fingerprint density at radius 1 is 1.14 bits per heavy atom. The summed E-state index contributed by atoms with van der Waals surface area (Å²) in [5.41, 5.74) is 4.60. The van der Waals surface area contributed by atoms with Crippen molar-refractivity contribution in [3.63, 3.8) is 0 Å². The maximum atomic E-state index is 12.6. The summed E-state index contributed by atoms with van der Waals surface area (Å²) in [6, 6.07) is 12.1. The molecule has 0 radical (unpaired) electrons. The molecule has 1 heterocycles. The highest BCUT2D eigenvalue weighted by Gasteiger charge is 2.17. The van der Waals surface area contributed by atoms with Crippen molar-refractivity contribution in [3.8, 4) is 11.3 Å². The Kier molecular flexibility index (Phi) is 5.81. The van der Waals surface area contributed by atoms with E-state index in [2.05, 4.69) is 9.71 Å². The fraction of sp³-hybridized carbons (Fsp3) is 0.200. The molecule has 0 bridgehead atoms. The summed E-state index contributed by atoms with van der Waals surface area (Å²) in [5.74, 6) is -1.14. The molecule has 146 valence electrons. The van der Waals surface area contributed by atoms with E-state index in [1.165, 1.54) is 23.5 Å². The molecular weight excluding hydrogens is 396 g/mol. The van der Waals surface area contributed by atoms with E-state index in [-0.39, 0.29) is 16.4 Å². The summed E-state index contributed by atoms with van der Waals surface area (Å²) in [6.07, 6.45) is 0.187. The van der Waals surface area contributed by atoms with Crippen molar-refractivity contribution >= 4 is 32.5 Å². The van der Waals surface area contributed by atoms with Crippen LogP contribution in [0.1, 0.15) is 23.1 Å². The van der Waals surface area contributed by atoms with E-state index in [0.717, 1.165) is 27.9 Å². The van der Waals surface area contributed by atoms with E-state index in [4.69, 9.17) is 0 Å². The summed E-state index contributed by atoms with van der Waals surface area (Å²) in [6.45, 7) is 3.98. The van der Waals surface area contributed by atoms with Crippen molar-refractivity contribution in [1.82, 2.24) is 4.98 Å². The molecule has 1 aromatic heterocycles. The summed E-state index contributed by atoms with van der Waals surface area (Å²) in [5, 5.41) is 12.6. The Morgan fingerprint density at radius 2 is 1.86 bits per heavy atom. The molecule has 0 unspecified atom stereocenters. The van der Waals surface area contributed by atoms with E-state index in [1.54, 1.807) is 12.1 Å². The quantitative estimate of drug-likeness (QED) is 0.640. The van der Waals surface area contributed by atoms with Crippen LogP contribution in [-0.2, 0) is 21.2 Å². The Labute approximate surface area is 167 Å². The monoisotopic (exact) mass is 415 g/mol. The third-order valence-electron chi connectivity index (χ3n) is 4.25. The molecule has 1 N–H and O–H groups in total. The van der Waals surface area contributed by atoms with Gasteiger partial charge in [-0.25, -0.2) is 13.4 Å². The van der Waals surface area contributed by atoms with Gasteiger partial charge in [-0.15, -0.1) is 11.3 Å². The molecule has 0 aliphatic heterocycles. The zero-order valence-electron chi connectivity index (χ0n) is 15.4. The largest absolute Gasteiger partial charge is 0.550 e. The van der Waals surface area contributed by atoms with E-state index < -0.39 is 16.0 Å². The van der Waals surface area contributed by atoms with E-state index in [1.807, 2.05) is 37.4 Å². The fourth-order valence-electron chi connectivity index (χ4n) is 2.71. The number of hydrogen-bond donors (Lipinski definition) is 1. The summed E-state index contributed by atoms with van der Waals surface area (Å²) in [4.78, 5) is 15.0. The van der Waals surface area contributed by atoms with Gasteiger partial charge in [0.2, 0.25) is 0 Å². The van der Waals surface area contributed by atoms with Crippen LogP contribution in [0.2, 0.25) is 0 Å². The normalized spacial score (nSPS) is 11.4. The molecule has 0 saturated carbocycles. The van der Waals surface area contributed by atoms with Gasteiger partial charge in [-0.2, -0.15) is 0 Å². The second kappa shape index (κ2) is 8.12. The highest BCUT2D eigenvalue weighted by Crippen LogP contribution is 2.29. The number of nitrogens with zero attached hydrogens (tertiary/aromatic N) is 1. The van der Waals surface area contributed by atoms with E-state index in [0.29, 0.717) is 6.42 Å². The lowest BCUT2D eigenvalue weighted by atomic mass is 10.0. The van der Waals surface area contributed by atoms with Crippen LogP contribution in [0, 0.1) is 13.8 Å². The molecule has 3 aromatic rings. The van der Waals surface area contributed by atoms with Gasteiger partial charge in [0.25, 0.3) is 10.0 Å². The number of carbonyl (C=O) groups is 1. The fourth-order valence-corrected chi connectivity index (χ4v) is 4.67. The van der Waals surface area contributed by atoms with Gasteiger partial charge in [0.05, 0.1) is 10.6 Å². The van der Waals surface area contributed by atoms with Crippen LogP contribution in [0.5, 0.6) is 0 Å². The van der Waals surface area contributed by atoms with Crippen molar-refractivity contribution in [2.24, 2.45) is 0 Å². The highest BCUT2D eigenvalue weighted by atomic mass is 32.2. The van der Waals surface area contributed by atoms with Crippen LogP contribution >= 0.6 is 11.3 Å². The van der Waals surface area contributed by atoms with Crippen LogP contribution in [0.25, 0.3) is 11.3 Å². The van der Waals surface area contributed by atoms with Crippen molar-refractivity contribution in [2.45, 2.75) is 31.6 Å². The van der Waals surface area contributed by atoms with Gasteiger partial charge in [0.1, 0.15) is 0 Å². The molecule has 0 saturated heterocycles. The minimum Gasteiger partial charge on any atom is -0.550 e. The SMILES string of the molecule is Cc1ccc(C)c(-c2csc(NS(=O)(=O)c3ccc(CCC(=O)[O-])cc3)n2)c1. The summed E-state index contributed by atoms with van der Waals surface area (Å²) in [7, 11) is -3.78. The highest BCUT2D eigenvalue weighted by molar-refractivity contribution is 7.93. The van der Waals surface area contributed by atoms with E-state index >= 15 is 0 Å². The van der Waals surface area contributed by atoms with Crippen LogP contribution in [0.3, 0.4) is 0 Å². The predicted molar refractivity (Wildman–Crippen MR) is 108 cm³/mol. The van der Waals surface area contributed by atoms with Crippen LogP contribution in [0.15, 0.2) is 52.7 Å². The number of carboxylic acids is 1. The number of aryl methyl sites for hydroxylation is 3. The van der Waals surface area contributed by atoms with Gasteiger partial charge < -0.3 is 9.90 Å². The second-order valence-corrected chi connectivity index (χ2v) is 9.02. The maximum absolute atomic E-state index is 12.6. The Morgan fingerprint density at radius 3 is 2.54 bits per heavy atom. The molecule has 28 heavy (non-hydrogen) atoms. The average Bonchev–Trinajstić information content (AvgIpc) is 3.10. The first kappa shape index (κ1) is 20.0. The predicted octanol–water partition coefficient (Wildman–Crippen LogP) is 2.91. The van der Waals surface area contributed by atoms with Crippen LogP contribution in [0.4, 0.5) is 5.13 Å². The molecule has 0 spiro atoms. The number of thiazole rings is 1. The number of hydrogen-bond acceptors (Lipinski definition) is 6. The third-order valence-corrected chi connectivity index (χ3v) is 6.49. The lowest BCUT2D eigenvalue weighted by Gasteiger charge is -2.07. The molecule has 8 heteroatoms. The minimum atomic E-state index is -3.78. The molecule has 0 amide bonds. The van der Waals surface area contributed by atoms with Crippen molar-refractivity contribution in [2.75, 3.05) is 4.72 Å². The summed E-state index contributed by atoms with van der Waals surface area (Å²) >= 11 is 1.22. The number of rotatable bonds is 7. The standard InChI is InChI=1S/C20H20N2O4S2/c1-13-3-4-14(2)17(11-13)18-12-27-20(21-18)22-28(25,26)16-8-5-15(6-9-16)7-10-19(23)24/h3-6,8-9,11-12H,7,10H2,1-2H3,(H,21,22)(H,23,24)/p-1. The van der Waals surface area contributed by atoms with Gasteiger partial charge in [0.15, 0.2) is 5.13 Å². The van der Waals surface area contributed by atoms with Gasteiger partial charge in [0, 0.05) is 16.9 Å². The van der Waals surface area contributed by atoms with Crippen LogP contribution in [-0.4, -0.2) is 19.4 Å². The molecule has 0 aliphatic carbocycles. The Bertz CT molecular complexity index is 1100. The Hall–Kier alpha value is -2.71. The number of carbonyl (C=O) groups excluding carboxylic acids is 1. The van der Waals surface area contributed by atoms with Crippen molar-refractivity contribution < 1.29 is 18.3 Å². The minimum absolute atomic E-state index is 0.0909. The topological polar surface area (TPSA) is 99.2 Å². The zero-order valence-corrected chi connectivity index (χ0v) is 17.1. The van der Waals surface area contributed by atoms with Gasteiger partial charge in [-0.1, -0.05) is 29.8 Å². The van der Waals surface area contributed by atoms with Gasteiger partial charge in [-0.3, -0.25) is 4.72 Å². The number of nitrogens with one attached hydrogen (secondary N) is 1. The summed E-state index contributed by atoms with van der Waals surface area (Å²) < 4.78 is 27.7. The number of carboxylic acid groups (broad SMARTS) is 1. The van der Waals surface area contributed by atoms with Crippen molar-refractivity contribution in [3.05, 3.63) is 64.5 Å². The Balaban J connectivity index is 1.77. The van der Waals surface area contributed by atoms with E-state index in [9.17, 15) is 18.3 Å². The molecule has 0 aliphatic rings. The lowest BCUT2D eigenvalue weighted by molar-refractivity contribution is -0.305. The van der Waals surface area contributed by atoms with Gasteiger partial charge in [-0.05, 0) is 56.0 Å². The first-order chi connectivity index (χ1) is 13.2. The molecule has 0 atom stereocenters. The maximum Gasteiger partial charge on any atom is 0.263 e. The van der Waals surface area contributed by atoms with Gasteiger partial charge >= 0.3 is 0 Å². The smallest absolute Gasteiger partial charge is 0.263 e. The van der Waals surface area contributed by atoms with Crippen LogP contribution < -0.4 is 9.83 Å². The number of aliphatic carboxylic acids is 1.